The van der Waals surface area contributed by atoms with Crippen LogP contribution in [0.1, 0.15) is 78.2 Å². The van der Waals surface area contributed by atoms with Gasteiger partial charge >= 0.3 is 0 Å². The molecule has 0 bridgehead atoms. The van der Waals surface area contributed by atoms with Crippen LogP contribution in [0.3, 0.4) is 0 Å². The molecule has 3 atom stereocenters. The maximum atomic E-state index is 14.5. The number of amides is 3. The number of rotatable bonds is 12. The van der Waals surface area contributed by atoms with Crippen molar-refractivity contribution >= 4 is 34.8 Å². The SMILES string of the molecule is CC(C)=CCC/C(C)=C/CN1C(=O)[C@@](O)([C@@H](C)/C=C/CC(=O)N2CCC[C@H]2CO)c2cc(N3CN(c4ccccc4)C4(CCNCC4)C3=O)ccc21. The Hall–Kier alpha value is -4.25. The molecule has 10 heteroatoms. The van der Waals surface area contributed by atoms with Crippen molar-refractivity contribution in [3.05, 3.63) is 89.5 Å². The van der Waals surface area contributed by atoms with Gasteiger partial charge in [-0.3, -0.25) is 19.3 Å². The standard InChI is InChI=1S/C42H55N5O5/c1-30(2)11-8-12-31(3)20-26-45-37-19-18-34(46-29-47(33-14-6-5-7-15-33)41(39(46)50)21-23-43-24-22-41)27-36(37)42(52,40(45)51)32(4)13-9-17-38(49)44-25-10-16-35(44)28-48/h5-7,9,11,13-15,18-20,27,32,35,43,48,52H,8,10,12,16-17,21-26,28-29H2,1-4H3/b13-9+,31-20+/t32-,35-,42+/m0/s1. The van der Waals surface area contributed by atoms with E-state index >= 15 is 0 Å². The van der Waals surface area contributed by atoms with Crippen molar-refractivity contribution in [3.8, 4) is 0 Å². The van der Waals surface area contributed by atoms with E-state index in [0.29, 0.717) is 49.5 Å². The summed E-state index contributed by atoms with van der Waals surface area (Å²) in [4.78, 5) is 49.3. The van der Waals surface area contributed by atoms with Crippen LogP contribution < -0.4 is 20.0 Å². The van der Waals surface area contributed by atoms with Crippen LogP contribution in [0.25, 0.3) is 0 Å². The van der Waals surface area contributed by atoms with Crippen LogP contribution >= 0.6 is 0 Å². The zero-order valence-corrected chi connectivity index (χ0v) is 31.2. The van der Waals surface area contributed by atoms with Crippen LogP contribution in [-0.2, 0) is 20.0 Å². The second kappa shape index (κ2) is 15.8. The Morgan fingerprint density at radius 2 is 1.77 bits per heavy atom. The van der Waals surface area contributed by atoms with Crippen molar-refractivity contribution in [3.63, 3.8) is 0 Å². The summed E-state index contributed by atoms with van der Waals surface area (Å²) in [6.07, 6.45) is 12.6. The van der Waals surface area contributed by atoms with E-state index in [1.807, 2.05) is 48.5 Å². The molecule has 3 fully saturated rings. The average Bonchev–Trinajstić information content (AvgIpc) is 3.80. The monoisotopic (exact) mass is 709 g/mol. The van der Waals surface area contributed by atoms with Crippen molar-refractivity contribution in [2.45, 2.75) is 89.8 Å². The number of carbonyl (C=O) groups excluding carboxylic acids is 3. The number of hydrogen-bond acceptors (Lipinski definition) is 7. The minimum absolute atomic E-state index is 0.0204. The number of benzene rings is 2. The molecule has 52 heavy (non-hydrogen) atoms. The number of fused-ring (bicyclic) bond motifs is 1. The van der Waals surface area contributed by atoms with Crippen molar-refractivity contribution < 1.29 is 24.6 Å². The lowest BCUT2D eigenvalue weighted by atomic mass is 9.82. The van der Waals surface area contributed by atoms with Gasteiger partial charge in [0.1, 0.15) is 5.54 Å². The van der Waals surface area contributed by atoms with Gasteiger partial charge in [-0.25, -0.2) is 0 Å². The lowest BCUT2D eigenvalue weighted by molar-refractivity contribution is -0.139. The number of nitrogens with zero attached hydrogens (tertiary/aromatic N) is 4. The van der Waals surface area contributed by atoms with E-state index in [0.717, 1.165) is 50.0 Å². The number of nitrogens with one attached hydrogen (secondary N) is 1. The number of para-hydroxylation sites is 1. The Balaban J connectivity index is 1.32. The van der Waals surface area contributed by atoms with E-state index in [4.69, 9.17) is 0 Å². The smallest absolute Gasteiger partial charge is 0.264 e. The molecule has 4 heterocycles. The molecule has 0 aromatic heterocycles. The summed E-state index contributed by atoms with van der Waals surface area (Å²) >= 11 is 0. The third kappa shape index (κ3) is 7.08. The third-order valence-corrected chi connectivity index (χ3v) is 11.5. The van der Waals surface area contributed by atoms with E-state index < -0.39 is 23.0 Å². The molecule has 3 amide bonds. The molecular weight excluding hydrogens is 654 g/mol. The highest BCUT2D eigenvalue weighted by Gasteiger charge is 2.55. The van der Waals surface area contributed by atoms with E-state index in [2.05, 4.69) is 43.1 Å². The fourth-order valence-corrected chi connectivity index (χ4v) is 8.37. The second-order valence-electron chi connectivity index (χ2n) is 15.2. The molecule has 2 aromatic rings. The van der Waals surface area contributed by atoms with Crippen molar-refractivity contribution in [1.29, 1.82) is 0 Å². The largest absolute Gasteiger partial charge is 0.394 e. The van der Waals surface area contributed by atoms with Crippen LogP contribution in [-0.4, -0.2) is 83.9 Å². The summed E-state index contributed by atoms with van der Waals surface area (Å²) in [7, 11) is 0. The van der Waals surface area contributed by atoms with Gasteiger partial charge in [-0.05, 0) is 103 Å². The first-order valence-corrected chi connectivity index (χ1v) is 18.9. The minimum Gasteiger partial charge on any atom is -0.394 e. The van der Waals surface area contributed by atoms with Crippen LogP contribution in [0.4, 0.5) is 17.1 Å². The Morgan fingerprint density at radius 1 is 1.02 bits per heavy atom. The average molecular weight is 710 g/mol. The van der Waals surface area contributed by atoms with Gasteiger partial charge in [0.05, 0.1) is 25.0 Å². The maximum Gasteiger partial charge on any atom is 0.264 e. The molecule has 4 aliphatic heterocycles. The first-order chi connectivity index (χ1) is 25.0. The van der Waals surface area contributed by atoms with E-state index in [-0.39, 0.29) is 30.9 Å². The predicted molar refractivity (Wildman–Crippen MR) is 206 cm³/mol. The molecule has 0 unspecified atom stereocenters. The first-order valence-electron chi connectivity index (χ1n) is 18.9. The summed E-state index contributed by atoms with van der Waals surface area (Å²) in [6.45, 7) is 10.7. The van der Waals surface area contributed by atoms with Gasteiger partial charge in [-0.15, -0.1) is 0 Å². The second-order valence-corrected chi connectivity index (χ2v) is 15.2. The third-order valence-electron chi connectivity index (χ3n) is 11.5. The maximum absolute atomic E-state index is 14.5. The fraction of sp³-hybridized carbons (Fsp3) is 0.500. The summed E-state index contributed by atoms with van der Waals surface area (Å²) < 4.78 is 0. The highest BCUT2D eigenvalue weighted by molar-refractivity contribution is 6.10. The summed E-state index contributed by atoms with van der Waals surface area (Å²) in [6, 6.07) is 15.5. The van der Waals surface area contributed by atoms with Crippen LogP contribution in [0, 0.1) is 5.92 Å². The summed E-state index contributed by atoms with van der Waals surface area (Å²) in [5, 5.41) is 25.7. The highest BCUT2D eigenvalue weighted by atomic mass is 16.3. The van der Waals surface area contributed by atoms with Gasteiger partial charge in [0.2, 0.25) is 5.91 Å². The predicted octanol–water partition coefficient (Wildman–Crippen LogP) is 5.41. The summed E-state index contributed by atoms with van der Waals surface area (Å²) in [5.41, 5.74) is 2.52. The zero-order valence-electron chi connectivity index (χ0n) is 31.2. The van der Waals surface area contributed by atoms with Gasteiger partial charge in [0.15, 0.2) is 5.60 Å². The zero-order chi connectivity index (χ0) is 37.0. The number of carbonyl (C=O) groups is 3. The van der Waals surface area contributed by atoms with E-state index in [9.17, 15) is 24.6 Å². The Morgan fingerprint density at radius 3 is 2.48 bits per heavy atom. The number of aliphatic hydroxyl groups excluding tert-OH is 1. The number of allylic oxidation sites excluding steroid dienone is 3. The number of hydrogen-bond donors (Lipinski definition) is 3. The Labute approximate surface area is 308 Å². The number of piperidine rings is 1. The first kappa shape index (κ1) is 37.5. The Kier molecular flexibility index (Phi) is 11.4. The lowest BCUT2D eigenvalue weighted by Gasteiger charge is -2.39. The Bertz CT molecular complexity index is 1730. The lowest BCUT2D eigenvalue weighted by Crippen LogP contribution is -2.55. The fourth-order valence-electron chi connectivity index (χ4n) is 8.37. The molecular formula is C42H55N5O5. The molecule has 6 rings (SSSR count). The van der Waals surface area contributed by atoms with E-state index in [1.54, 1.807) is 33.8 Å². The minimum atomic E-state index is -1.91. The molecule has 3 N–H and O–H groups in total. The topological polar surface area (TPSA) is 117 Å². The van der Waals surface area contributed by atoms with Crippen molar-refractivity contribution in [2.75, 3.05) is 54.2 Å². The normalized spacial score (nSPS) is 23.7. The number of anilines is 3. The molecule has 1 spiro atoms. The summed E-state index contributed by atoms with van der Waals surface area (Å²) in [5.74, 6) is -1.16. The van der Waals surface area contributed by atoms with Gasteiger partial charge in [-0.1, -0.05) is 60.6 Å². The van der Waals surface area contributed by atoms with Gasteiger partial charge in [0.25, 0.3) is 11.8 Å². The molecule has 0 saturated carbocycles. The number of likely N-dealkylation sites (tertiary alicyclic amines) is 1. The molecule has 278 valence electrons. The van der Waals surface area contributed by atoms with Gasteiger partial charge in [0, 0.05) is 42.4 Å². The molecule has 10 nitrogen and oxygen atoms in total. The van der Waals surface area contributed by atoms with Gasteiger partial charge < -0.3 is 30.2 Å². The van der Waals surface area contributed by atoms with Crippen LogP contribution in [0.15, 0.2) is 84.0 Å². The molecule has 0 radical (unpaired) electrons. The molecule has 4 aliphatic rings. The highest BCUT2D eigenvalue weighted by Crippen LogP contribution is 2.48. The van der Waals surface area contributed by atoms with Crippen molar-refractivity contribution in [1.82, 2.24) is 10.2 Å². The molecule has 0 aliphatic carbocycles. The molecule has 2 aromatic carbocycles. The van der Waals surface area contributed by atoms with Crippen LogP contribution in [0.2, 0.25) is 0 Å². The van der Waals surface area contributed by atoms with E-state index in [1.165, 1.54) is 5.57 Å². The molecule has 3 saturated heterocycles. The van der Waals surface area contributed by atoms with Crippen LogP contribution in [0.5, 0.6) is 0 Å². The quantitative estimate of drug-likeness (QED) is 0.253. The van der Waals surface area contributed by atoms with Gasteiger partial charge in [-0.2, -0.15) is 0 Å². The van der Waals surface area contributed by atoms with Crippen molar-refractivity contribution in [2.24, 2.45) is 5.92 Å². The number of aliphatic hydroxyl groups is 2.